The lowest BCUT2D eigenvalue weighted by molar-refractivity contribution is 0.184. The third-order valence-electron chi connectivity index (χ3n) is 2.75. The first-order valence-electron chi connectivity index (χ1n) is 5.24. The van der Waals surface area contributed by atoms with E-state index >= 15 is 0 Å². The quantitative estimate of drug-likeness (QED) is 0.769. The van der Waals surface area contributed by atoms with Crippen LogP contribution >= 0.6 is 12.4 Å². The van der Waals surface area contributed by atoms with Crippen LogP contribution in [0.5, 0.6) is 0 Å². The first-order chi connectivity index (χ1) is 7.09. The largest absolute Gasteiger partial charge is 0.383 e. The van der Waals surface area contributed by atoms with Gasteiger partial charge in [-0.25, -0.2) is 12.7 Å². The summed E-state index contributed by atoms with van der Waals surface area (Å²) >= 11 is 0. The Balaban J connectivity index is 0.00000225. The lowest BCUT2D eigenvalue weighted by Gasteiger charge is -2.27. The average molecular weight is 273 g/mol. The van der Waals surface area contributed by atoms with Crippen molar-refractivity contribution < 1.29 is 13.2 Å². The molecule has 7 heteroatoms. The molecule has 0 bridgehead atoms. The van der Waals surface area contributed by atoms with Gasteiger partial charge in [0.1, 0.15) is 0 Å². The number of likely N-dealkylation sites (N-methyl/N-ethyl adjacent to an activating group) is 1. The molecule has 0 aromatic rings. The van der Waals surface area contributed by atoms with Crippen molar-refractivity contribution in [3.63, 3.8) is 0 Å². The Morgan fingerprint density at radius 3 is 2.44 bits per heavy atom. The lowest BCUT2D eigenvalue weighted by Crippen LogP contribution is -2.43. The number of methoxy groups -OCH3 is 1. The minimum atomic E-state index is -3.12. The molecule has 0 unspecified atom stereocenters. The zero-order valence-corrected chi connectivity index (χ0v) is 11.4. The SMILES string of the molecule is COCCN(C)S(=O)(=O)C1CCNCC1.Cl. The molecule has 0 spiro atoms. The molecule has 0 amide bonds. The monoisotopic (exact) mass is 272 g/mol. The summed E-state index contributed by atoms with van der Waals surface area (Å²) in [6.07, 6.45) is 1.42. The van der Waals surface area contributed by atoms with Crippen molar-refractivity contribution in [1.82, 2.24) is 9.62 Å². The Hall–Kier alpha value is 0.120. The number of nitrogens with one attached hydrogen (secondary N) is 1. The number of halogens is 1. The van der Waals surface area contributed by atoms with Crippen molar-refractivity contribution in [2.45, 2.75) is 18.1 Å². The third-order valence-corrected chi connectivity index (χ3v) is 5.12. The predicted octanol–water partition coefficient (Wildman–Crippen LogP) is 0.0682. The second-order valence-corrected chi connectivity index (χ2v) is 6.13. The fraction of sp³-hybridized carbons (Fsp3) is 1.00. The van der Waals surface area contributed by atoms with Crippen LogP contribution in [0.2, 0.25) is 0 Å². The highest BCUT2D eigenvalue weighted by Gasteiger charge is 2.30. The maximum absolute atomic E-state index is 12.0. The van der Waals surface area contributed by atoms with E-state index in [2.05, 4.69) is 5.32 Å². The van der Waals surface area contributed by atoms with Crippen LogP contribution in [0.1, 0.15) is 12.8 Å². The Morgan fingerprint density at radius 2 is 1.94 bits per heavy atom. The van der Waals surface area contributed by atoms with Crippen molar-refractivity contribution in [2.24, 2.45) is 0 Å². The molecule has 0 radical (unpaired) electrons. The van der Waals surface area contributed by atoms with Gasteiger partial charge >= 0.3 is 0 Å². The van der Waals surface area contributed by atoms with Crippen LogP contribution in [0.3, 0.4) is 0 Å². The number of rotatable bonds is 5. The van der Waals surface area contributed by atoms with Gasteiger partial charge in [0, 0.05) is 20.7 Å². The van der Waals surface area contributed by atoms with Crippen LogP contribution in [0.15, 0.2) is 0 Å². The van der Waals surface area contributed by atoms with Crippen LogP contribution in [-0.4, -0.2) is 58.4 Å². The maximum atomic E-state index is 12.0. The van der Waals surface area contributed by atoms with E-state index in [-0.39, 0.29) is 17.7 Å². The molecular weight excluding hydrogens is 252 g/mol. The normalized spacial score (nSPS) is 18.4. The van der Waals surface area contributed by atoms with E-state index in [4.69, 9.17) is 4.74 Å². The molecule has 0 atom stereocenters. The van der Waals surface area contributed by atoms with Crippen molar-refractivity contribution >= 4 is 22.4 Å². The van der Waals surface area contributed by atoms with Gasteiger partial charge < -0.3 is 10.1 Å². The molecule has 0 aromatic carbocycles. The molecule has 1 fully saturated rings. The number of hydrogen-bond acceptors (Lipinski definition) is 4. The van der Waals surface area contributed by atoms with E-state index in [0.717, 1.165) is 13.1 Å². The molecule has 1 N–H and O–H groups in total. The van der Waals surface area contributed by atoms with Crippen molar-refractivity contribution in [3.8, 4) is 0 Å². The fourth-order valence-corrected chi connectivity index (χ4v) is 3.36. The van der Waals surface area contributed by atoms with Crippen LogP contribution in [-0.2, 0) is 14.8 Å². The Kier molecular flexibility index (Phi) is 7.50. The second-order valence-electron chi connectivity index (χ2n) is 3.81. The van der Waals surface area contributed by atoms with Gasteiger partial charge in [-0.15, -0.1) is 12.4 Å². The molecule has 1 heterocycles. The van der Waals surface area contributed by atoms with Crippen LogP contribution in [0.25, 0.3) is 0 Å². The highest BCUT2D eigenvalue weighted by atomic mass is 35.5. The molecule has 0 saturated carbocycles. The van der Waals surface area contributed by atoms with Gasteiger partial charge in [-0.1, -0.05) is 0 Å². The molecule has 0 aromatic heterocycles. The molecule has 1 saturated heterocycles. The van der Waals surface area contributed by atoms with Crippen molar-refractivity contribution in [1.29, 1.82) is 0 Å². The number of hydrogen-bond donors (Lipinski definition) is 1. The van der Waals surface area contributed by atoms with Gasteiger partial charge in [0.15, 0.2) is 0 Å². The molecule has 5 nitrogen and oxygen atoms in total. The second kappa shape index (κ2) is 7.45. The summed E-state index contributed by atoms with van der Waals surface area (Å²) in [7, 11) is 0.0749. The standard InChI is InChI=1S/C9H20N2O3S.ClH/c1-11(7-8-14-2)15(12,13)9-3-5-10-6-4-9;/h9-10H,3-8H2,1-2H3;1H. The van der Waals surface area contributed by atoms with Crippen molar-refractivity contribution in [2.75, 3.05) is 40.4 Å². The summed E-state index contributed by atoms with van der Waals surface area (Å²) in [5, 5.41) is 2.94. The van der Waals surface area contributed by atoms with E-state index in [1.165, 1.54) is 4.31 Å². The summed E-state index contributed by atoms with van der Waals surface area (Å²) in [6, 6.07) is 0. The topological polar surface area (TPSA) is 58.6 Å². The molecule has 1 aliphatic rings. The van der Waals surface area contributed by atoms with Crippen molar-refractivity contribution in [3.05, 3.63) is 0 Å². The van der Waals surface area contributed by atoms with Crippen LogP contribution < -0.4 is 5.32 Å². The average Bonchev–Trinajstić information content (AvgIpc) is 2.27. The third kappa shape index (κ3) is 4.18. The van der Waals surface area contributed by atoms with E-state index < -0.39 is 10.0 Å². The summed E-state index contributed by atoms with van der Waals surface area (Å²) in [4.78, 5) is 0. The van der Waals surface area contributed by atoms with Crippen LogP contribution in [0.4, 0.5) is 0 Å². The Labute approximate surface area is 104 Å². The number of ether oxygens (including phenoxy) is 1. The Bertz CT molecular complexity index is 278. The van der Waals surface area contributed by atoms with E-state index in [1.807, 2.05) is 0 Å². The van der Waals surface area contributed by atoms with E-state index in [1.54, 1.807) is 14.2 Å². The fourth-order valence-electron chi connectivity index (χ4n) is 1.69. The van der Waals surface area contributed by atoms with Crippen LogP contribution in [0, 0.1) is 0 Å². The minimum Gasteiger partial charge on any atom is -0.383 e. The highest BCUT2D eigenvalue weighted by molar-refractivity contribution is 7.89. The minimum absolute atomic E-state index is 0. The van der Waals surface area contributed by atoms with Gasteiger partial charge in [0.2, 0.25) is 10.0 Å². The first kappa shape index (κ1) is 16.1. The Morgan fingerprint density at radius 1 is 1.38 bits per heavy atom. The van der Waals surface area contributed by atoms with Gasteiger partial charge in [-0.05, 0) is 25.9 Å². The summed E-state index contributed by atoms with van der Waals surface area (Å²) < 4.78 is 30.4. The highest BCUT2D eigenvalue weighted by Crippen LogP contribution is 2.16. The molecule has 16 heavy (non-hydrogen) atoms. The molecule has 1 rings (SSSR count). The number of piperidine rings is 1. The van der Waals surface area contributed by atoms with Gasteiger partial charge in [0.25, 0.3) is 0 Å². The van der Waals surface area contributed by atoms with Gasteiger partial charge in [0.05, 0.1) is 11.9 Å². The lowest BCUT2D eigenvalue weighted by atomic mass is 10.2. The smallest absolute Gasteiger partial charge is 0.216 e. The first-order valence-corrected chi connectivity index (χ1v) is 6.74. The zero-order chi connectivity index (χ0) is 11.3. The summed E-state index contributed by atoms with van der Waals surface area (Å²) in [5.74, 6) is 0. The van der Waals surface area contributed by atoms with E-state index in [0.29, 0.717) is 26.0 Å². The molecular formula is C9H21ClN2O3S. The molecule has 1 aliphatic heterocycles. The van der Waals surface area contributed by atoms with Gasteiger partial charge in [-0.3, -0.25) is 0 Å². The van der Waals surface area contributed by atoms with E-state index in [9.17, 15) is 8.42 Å². The maximum Gasteiger partial charge on any atom is 0.216 e. The number of sulfonamides is 1. The molecule has 0 aliphatic carbocycles. The predicted molar refractivity (Wildman–Crippen MR) is 66.6 cm³/mol. The van der Waals surface area contributed by atoms with Gasteiger partial charge in [-0.2, -0.15) is 0 Å². The summed E-state index contributed by atoms with van der Waals surface area (Å²) in [5.41, 5.74) is 0. The number of nitrogens with zero attached hydrogens (tertiary/aromatic N) is 1. The molecule has 98 valence electrons. The zero-order valence-electron chi connectivity index (χ0n) is 9.81. The summed E-state index contributed by atoms with van der Waals surface area (Å²) in [6.45, 7) is 2.47.